The largest absolute Gasteiger partial charge is 0.384 e. The third kappa shape index (κ3) is 3.40. The molecule has 28 heavy (non-hydrogen) atoms. The number of nitrogens with two attached hydrogens (primary N) is 1. The topological polar surface area (TPSA) is 54.2 Å². The Bertz CT molecular complexity index is 1010. The quantitative estimate of drug-likeness (QED) is 0.696. The second-order valence-electron chi connectivity index (χ2n) is 7.59. The molecule has 4 nitrogen and oxygen atoms in total. The maximum Gasteiger partial charge on any atom is 0.140 e. The number of halogens is 2. The van der Waals surface area contributed by atoms with Crippen molar-refractivity contribution in [2.75, 3.05) is 31.2 Å². The fraction of sp³-hybridized carbons (Fsp3) is 0.318. The van der Waals surface area contributed by atoms with Gasteiger partial charge in [0, 0.05) is 39.8 Å². The number of nitrogen functional groups attached to an aromatic ring is 1. The number of nitrogens with zero attached hydrogens (tertiary/aromatic N) is 2. The molecule has 6 heteroatoms. The van der Waals surface area contributed by atoms with Gasteiger partial charge in [0.1, 0.15) is 17.5 Å². The van der Waals surface area contributed by atoms with E-state index in [1.165, 1.54) is 12.3 Å². The van der Waals surface area contributed by atoms with Crippen LogP contribution in [0, 0.1) is 18.6 Å². The molecule has 0 unspecified atom stereocenters. The zero-order valence-corrected chi connectivity index (χ0v) is 16.1. The van der Waals surface area contributed by atoms with Crippen LogP contribution in [-0.4, -0.2) is 36.1 Å². The van der Waals surface area contributed by atoms with Gasteiger partial charge in [-0.3, -0.25) is 0 Å². The fourth-order valence-electron chi connectivity index (χ4n) is 3.95. The van der Waals surface area contributed by atoms with Gasteiger partial charge in [0.25, 0.3) is 0 Å². The van der Waals surface area contributed by atoms with Crippen LogP contribution in [0.4, 0.5) is 20.3 Å². The molecule has 146 valence electrons. The summed E-state index contributed by atoms with van der Waals surface area (Å²) in [6.07, 6.45) is 3.41. The molecule has 1 aliphatic heterocycles. The molecule has 0 bridgehead atoms. The van der Waals surface area contributed by atoms with Crippen molar-refractivity contribution in [3.63, 3.8) is 0 Å². The Kier molecular flexibility index (Phi) is 4.89. The van der Waals surface area contributed by atoms with Gasteiger partial charge < -0.3 is 16.0 Å². The van der Waals surface area contributed by atoms with Crippen molar-refractivity contribution < 1.29 is 8.78 Å². The van der Waals surface area contributed by atoms with Gasteiger partial charge in [-0.1, -0.05) is 12.1 Å². The highest BCUT2D eigenvalue weighted by atomic mass is 19.1. The van der Waals surface area contributed by atoms with E-state index in [4.69, 9.17) is 5.73 Å². The maximum absolute atomic E-state index is 15.4. The Hall–Kier alpha value is -2.73. The predicted octanol–water partition coefficient (Wildman–Crippen LogP) is 4.58. The first kappa shape index (κ1) is 18.6. The van der Waals surface area contributed by atoms with Crippen LogP contribution in [0.25, 0.3) is 21.9 Å². The van der Waals surface area contributed by atoms with Crippen molar-refractivity contribution in [1.29, 1.82) is 0 Å². The van der Waals surface area contributed by atoms with Gasteiger partial charge in [-0.05, 0) is 63.7 Å². The first-order chi connectivity index (χ1) is 13.4. The number of piperidine rings is 1. The third-order valence-electron chi connectivity index (χ3n) is 5.55. The van der Waals surface area contributed by atoms with Gasteiger partial charge in [-0.25, -0.2) is 13.8 Å². The number of aromatic nitrogens is 1. The summed E-state index contributed by atoms with van der Waals surface area (Å²) < 4.78 is 30.0. The van der Waals surface area contributed by atoms with Crippen LogP contribution < -0.4 is 11.1 Å². The van der Waals surface area contributed by atoms with Crippen LogP contribution in [0.15, 0.2) is 36.5 Å². The second-order valence-corrected chi connectivity index (χ2v) is 7.59. The number of anilines is 2. The lowest BCUT2D eigenvalue weighted by Gasteiger charge is -2.30. The Morgan fingerprint density at radius 3 is 2.61 bits per heavy atom. The number of benzene rings is 2. The maximum atomic E-state index is 15.4. The highest BCUT2D eigenvalue weighted by molar-refractivity contribution is 5.99. The van der Waals surface area contributed by atoms with E-state index < -0.39 is 11.6 Å². The summed E-state index contributed by atoms with van der Waals surface area (Å²) in [5.74, 6) is -0.593. The van der Waals surface area contributed by atoms with Gasteiger partial charge in [0.2, 0.25) is 0 Å². The number of pyridine rings is 1. The molecule has 0 saturated carbocycles. The minimum atomic E-state index is -0.482. The average Bonchev–Trinajstić information content (AvgIpc) is 2.66. The van der Waals surface area contributed by atoms with E-state index >= 15 is 4.39 Å². The highest BCUT2D eigenvalue weighted by Gasteiger charge is 2.21. The number of hydrogen-bond donors (Lipinski definition) is 2. The molecule has 1 aliphatic rings. The van der Waals surface area contributed by atoms with Crippen LogP contribution >= 0.6 is 0 Å². The lowest BCUT2D eigenvalue weighted by molar-refractivity contribution is 0.264. The fourth-order valence-corrected chi connectivity index (χ4v) is 3.95. The average molecular weight is 382 g/mol. The standard InChI is InChI=1S/C22H24F2N4/c1-13-4-3-5-18(23)21(13)16-10-19(27-14-6-8-28(2)9-7-14)15-11-20(25)26-12-17(15)22(16)24/h3-5,10-12,14,27H,6-9H2,1-2H3,(H2,25,26). The molecular formula is C22H24F2N4. The second kappa shape index (κ2) is 7.36. The van der Waals surface area contributed by atoms with E-state index in [9.17, 15) is 4.39 Å². The molecule has 1 fully saturated rings. The molecule has 2 aromatic carbocycles. The van der Waals surface area contributed by atoms with Crippen LogP contribution in [0.2, 0.25) is 0 Å². The molecule has 0 atom stereocenters. The summed E-state index contributed by atoms with van der Waals surface area (Å²) in [6, 6.07) is 8.43. The summed E-state index contributed by atoms with van der Waals surface area (Å²) >= 11 is 0. The Labute approximate surface area is 163 Å². The van der Waals surface area contributed by atoms with E-state index in [0.29, 0.717) is 22.2 Å². The van der Waals surface area contributed by atoms with Gasteiger partial charge in [-0.2, -0.15) is 0 Å². The van der Waals surface area contributed by atoms with Gasteiger partial charge in [-0.15, -0.1) is 0 Å². The highest BCUT2D eigenvalue weighted by Crippen LogP contribution is 2.38. The number of hydrogen-bond acceptors (Lipinski definition) is 4. The lowest BCUT2D eigenvalue weighted by Crippen LogP contribution is -2.36. The number of rotatable bonds is 3. The summed E-state index contributed by atoms with van der Waals surface area (Å²) in [4.78, 5) is 6.34. The SMILES string of the molecule is Cc1cccc(F)c1-c1cc(NC2CCN(C)CC2)c2cc(N)ncc2c1F. The Balaban J connectivity index is 1.88. The molecule has 0 spiro atoms. The van der Waals surface area contributed by atoms with E-state index in [2.05, 4.69) is 22.2 Å². The summed E-state index contributed by atoms with van der Waals surface area (Å²) in [5, 5.41) is 4.55. The number of fused-ring (bicyclic) bond motifs is 1. The zero-order valence-electron chi connectivity index (χ0n) is 16.1. The van der Waals surface area contributed by atoms with Crippen molar-refractivity contribution in [3.05, 3.63) is 53.7 Å². The lowest BCUT2D eigenvalue weighted by atomic mass is 9.95. The van der Waals surface area contributed by atoms with Gasteiger partial charge in [0.05, 0.1) is 0 Å². The predicted molar refractivity (Wildman–Crippen MR) is 110 cm³/mol. The molecular weight excluding hydrogens is 358 g/mol. The molecule has 0 aliphatic carbocycles. The Morgan fingerprint density at radius 2 is 1.89 bits per heavy atom. The zero-order chi connectivity index (χ0) is 19.8. The molecule has 1 saturated heterocycles. The summed E-state index contributed by atoms with van der Waals surface area (Å²) in [7, 11) is 2.11. The van der Waals surface area contributed by atoms with Crippen LogP contribution in [0.5, 0.6) is 0 Å². The molecule has 3 aromatic rings. The third-order valence-corrected chi connectivity index (χ3v) is 5.55. The van der Waals surface area contributed by atoms with E-state index in [1.54, 1.807) is 31.2 Å². The molecule has 0 radical (unpaired) electrons. The molecule has 2 heterocycles. The van der Waals surface area contributed by atoms with Crippen LogP contribution in [0.3, 0.4) is 0 Å². The smallest absolute Gasteiger partial charge is 0.140 e. The first-order valence-electron chi connectivity index (χ1n) is 9.52. The van der Waals surface area contributed by atoms with Crippen molar-refractivity contribution in [2.24, 2.45) is 0 Å². The minimum absolute atomic E-state index is 0.241. The summed E-state index contributed by atoms with van der Waals surface area (Å²) in [5.41, 5.74) is 7.84. The van der Waals surface area contributed by atoms with Crippen LogP contribution in [0.1, 0.15) is 18.4 Å². The number of likely N-dealkylation sites (tertiary alicyclic amines) is 1. The molecule has 0 amide bonds. The van der Waals surface area contributed by atoms with E-state index in [1.807, 2.05) is 0 Å². The van der Waals surface area contributed by atoms with Crippen molar-refractivity contribution in [1.82, 2.24) is 9.88 Å². The van der Waals surface area contributed by atoms with Gasteiger partial charge >= 0.3 is 0 Å². The number of aryl methyl sites for hydroxylation is 1. The first-order valence-corrected chi connectivity index (χ1v) is 9.52. The van der Waals surface area contributed by atoms with Gasteiger partial charge in [0.15, 0.2) is 0 Å². The Morgan fingerprint density at radius 1 is 1.14 bits per heavy atom. The number of nitrogens with one attached hydrogen (secondary N) is 1. The molecule has 3 N–H and O–H groups in total. The molecule has 4 rings (SSSR count). The summed E-state index contributed by atoms with van der Waals surface area (Å²) in [6.45, 7) is 3.78. The minimum Gasteiger partial charge on any atom is -0.384 e. The monoisotopic (exact) mass is 382 g/mol. The van der Waals surface area contributed by atoms with E-state index in [-0.39, 0.29) is 17.2 Å². The van der Waals surface area contributed by atoms with Crippen LogP contribution in [-0.2, 0) is 0 Å². The van der Waals surface area contributed by atoms with Crippen molar-refractivity contribution >= 4 is 22.3 Å². The van der Waals surface area contributed by atoms with Crippen molar-refractivity contribution in [3.8, 4) is 11.1 Å². The van der Waals surface area contributed by atoms with Crippen molar-refractivity contribution in [2.45, 2.75) is 25.8 Å². The molecule has 1 aromatic heterocycles. The normalized spacial score (nSPS) is 15.9. The van der Waals surface area contributed by atoms with E-state index in [0.717, 1.165) is 31.6 Å².